The molecule has 0 radical (unpaired) electrons. The molecule has 2 heterocycles. The van der Waals surface area contributed by atoms with E-state index < -0.39 is 52.0 Å². The van der Waals surface area contributed by atoms with Crippen molar-refractivity contribution in [3.63, 3.8) is 0 Å². The van der Waals surface area contributed by atoms with Crippen LogP contribution in [-0.4, -0.2) is 32.3 Å². The molecule has 0 fully saturated rings. The van der Waals surface area contributed by atoms with E-state index in [0.29, 0.717) is 27.7 Å². The second-order valence-corrected chi connectivity index (χ2v) is 11.7. The maximum Gasteiger partial charge on any atom is 0.265 e. The number of hydrogen-bond acceptors (Lipinski definition) is 7. The zero-order chi connectivity index (χ0) is 27.1. The van der Waals surface area contributed by atoms with Crippen molar-refractivity contribution in [1.82, 2.24) is 9.55 Å². The molecule has 0 unspecified atom stereocenters. The summed E-state index contributed by atoms with van der Waals surface area (Å²) in [5, 5.41) is 13.1. The number of amides is 1. The molecule has 0 saturated carbocycles. The van der Waals surface area contributed by atoms with Crippen LogP contribution in [0.3, 0.4) is 0 Å². The van der Waals surface area contributed by atoms with Crippen LogP contribution < -0.4 is 21.2 Å². The molecule has 37 heavy (non-hydrogen) atoms. The smallest absolute Gasteiger partial charge is 0.265 e. The number of pyridine rings is 2. The normalized spacial score (nSPS) is 12.0. The highest BCUT2D eigenvalue weighted by molar-refractivity contribution is 7.90. The van der Waals surface area contributed by atoms with E-state index in [1.165, 1.54) is 16.8 Å². The maximum absolute atomic E-state index is 13.4. The number of nitrogens with two attached hydrogens (primary N) is 2. The van der Waals surface area contributed by atoms with Crippen molar-refractivity contribution >= 4 is 65.9 Å². The van der Waals surface area contributed by atoms with Gasteiger partial charge in [-0.05, 0) is 48.0 Å². The highest BCUT2D eigenvalue weighted by Crippen LogP contribution is 2.31. The van der Waals surface area contributed by atoms with Crippen LogP contribution in [-0.2, 0) is 26.6 Å². The zero-order valence-corrected chi connectivity index (χ0v) is 21.7. The highest BCUT2D eigenvalue weighted by Gasteiger charge is 2.25. The first-order valence-electron chi connectivity index (χ1n) is 10.2. The summed E-state index contributed by atoms with van der Waals surface area (Å²) in [7, 11) is -8.97. The van der Waals surface area contributed by atoms with Crippen molar-refractivity contribution in [3.05, 3.63) is 92.3 Å². The van der Waals surface area contributed by atoms with Crippen molar-refractivity contribution in [3.8, 4) is 0 Å². The molecular weight excluding hydrogens is 565 g/mol. The largest absolute Gasteiger partial charge is 0.321 e. The van der Waals surface area contributed by atoms with Gasteiger partial charge in [-0.15, -0.1) is 0 Å². The summed E-state index contributed by atoms with van der Waals surface area (Å²) in [4.78, 5) is 29.4. The molecule has 0 aliphatic carbocycles. The molecule has 0 aliphatic heterocycles. The number of primary sulfonamides is 2. The summed E-state index contributed by atoms with van der Waals surface area (Å²) in [6.45, 7) is 0.0575. The van der Waals surface area contributed by atoms with Gasteiger partial charge in [0.15, 0.2) is 0 Å². The predicted molar refractivity (Wildman–Crippen MR) is 139 cm³/mol. The Bertz CT molecular complexity index is 1840. The number of rotatable bonds is 6. The van der Waals surface area contributed by atoms with Crippen LogP contribution in [0.4, 0.5) is 5.69 Å². The molecule has 15 heteroatoms. The van der Waals surface area contributed by atoms with E-state index in [1.807, 2.05) is 0 Å². The van der Waals surface area contributed by atoms with Crippen molar-refractivity contribution < 1.29 is 21.6 Å². The van der Waals surface area contributed by atoms with Crippen LogP contribution in [0.2, 0.25) is 10.0 Å². The SMILES string of the molecule is NS(=O)(=O)c1cc(S(N)(=O)=O)c(NC(=O)c2cc3cccnc3n(Cc3ccc(Cl)cc3)c2=O)cc1Cl. The first-order chi connectivity index (χ1) is 17.3. The monoisotopic (exact) mass is 581 g/mol. The Kier molecular flexibility index (Phi) is 7.12. The zero-order valence-electron chi connectivity index (χ0n) is 18.6. The van der Waals surface area contributed by atoms with Crippen LogP contribution in [0.15, 0.2) is 75.4 Å². The molecule has 2 aromatic carbocycles. The van der Waals surface area contributed by atoms with Gasteiger partial charge in [0.05, 0.1) is 17.3 Å². The second kappa shape index (κ2) is 9.85. The summed E-state index contributed by atoms with van der Waals surface area (Å²) >= 11 is 11.9. The lowest BCUT2D eigenvalue weighted by molar-refractivity contribution is 0.102. The fourth-order valence-corrected chi connectivity index (χ4v) is 5.56. The first-order valence-corrected chi connectivity index (χ1v) is 14.0. The number of aromatic nitrogens is 2. The van der Waals surface area contributed by atoms with E-state index in [2.05, 4.69) is 10.3 Å². The summed E-state index contributed by atoms with van der Waals surface area (Å²) in [6.07, 6.45) is 1.49. The molecule has 192 valence electrons. The molecule has 0 aliphatic rings. The summed E-state index contributed by atoms with van der Waals surface area (Å²) in [5.41, 5.74) is -0.493. The van der Waals surface area contributed by atoms with Crippen molar-refractivity contribution in [2.75, 3.05) is 5.32 Å². The van der Waals surface area contributed by atoms with Gasteiger partial charge in [-0.25, -0.2) is 32.1 Å². The van der Waals surface area contributed by atoms with Gasteiger partial charge < -0.3 is 5.32 Å². The van der Waals surface area contributed by atoms with Gasteiger partial charge in [-0.2, -0.15) is 0 Å². The lowest BCUT2D eigenvalue weighted by Gasteiger charge is -2.15. The summed E-state index contributed by atoms with van der Waals surface area (Å²) in [6, 6.07) is 12.8. The fourth-order valence-electron chi connectivity index (χ4n) is 3.56. The Balaban J connectivity index is 1.84. The Morgan fingerprint density at radius 1 is 0.946 bits per heavy atom. The molecule has 2 aromatic heterocycles. The van der Waals surface area contributed by atoms with E-state index in [0.717, 1.165) is 6.07 Å². The standard InChI is InChI=1S/C22H17Cl2N5O6S2/c23-14-5-3-12(4-6-14)11-29-20-13(2-1-7-27-20)8-15(22(29)31)21(30)28-17-9-16(24)18(36(25,32)33)10-19(17)37(26,34)35/h1-10H,11H2,(H,28,30)(H2,25,32,33)(H2,26,34,35). The van der Waals surface area contributed by atoms with Gasteiger partial charge in [0, 0.05) is 16.6 Å². The van der Waals surface area contributed by atoms with E-state index in [1.54, 1.807) is 36.4 Å². The molecule has 0 bridgehead atoms. The van der Waals surface area contributed by atoms with Crippen LogP contribution >= 0.6 is 23.2 Å². The first kappa shape index (κ1) is 26.7. The van der Waals surface area contributed by atoms with Gasteiger partial charge in [0.25, 0.3) is 11.5 Å². The number of nitrogens with zero attached hydrogens (tertiary/aromatic N) is 2. The van der Waals surface area contributed by atoms with Gasteiger partial charge in [0.1, 0.15) is 21.0 Å². The minimum Gasteiger partial charge on any atom is -0.321 e. The number of hydrogen-bond donors (Lipinski definition) is 3. The number of benzene rings is 2. The average molecular weight is 582 g/mol. The van der Waals surface area contributed by atoms with Crippen molar-refractivity contribution in [2.24, 2.45) is 10.3 Å². The Morgan fingerprint density at radius 3 is 2.22 bits per heavy atom. The third kappa shape index (κ3) is 5.66. The van der Waals surface area contributed by atoms with E-state index in [9.17, 15) is 26.4 Å². The lowest BCUT2D eigenvalue weighted by atomic mass is 10.1. The van der Waals surface area contributed by atoms with E-state index >= 15 is 0 Å². The predicted octanol–water partition coefficient (Wildman–Crippen LogP) is 2.30. The Hall–Kier alpha value is -3.33. The number of fused-ring (bicyclic) bond motifs is 1. The molecule has 1 amide bonds. The molecular formula is C22H17Cl2N5O6S2. The van der Waals surface area contributed by atoms with Crippen LogP contribution in [0.1, 0.15) is 15.9 Å². The van der Waals surface area contributed by atoms with Crippen LogP contribution in [0.5, 0.6) is 0 Å². The van der Waals surface area contributed by atoms with Crippen LogP contribution in [0, 0.1) is 0 Å². The van der Waals surface area contributed by atoms with Crippen molar-refractivity contribution in [2.45, 2.75) is 16.3 Å². The third-order valence-electron chi connectivity index (χ3n) is 5.24. The average Bonchev–Trinajstić information content (AvgIpc) is 2.80. The molecule has 4 rings (SSSR count). The van der Waals surface area contributed by atoms with Crippen molar-refractivity contribution in [1.29, 1.82) is 0 Å². The molecule has 0 atom stereocenters. The number of halogens is 2. The molecule has 11 nitrogen and oxygen atoms in total. The van der Waals surface area contributed by atoms with E-state index in [4.69, 9.17) is 33.5 Å². The number of carbonyl (C=O) groups is 1. The number of anilines is 1. The second-order valence-electron chi connectivity index (χ2n) is 7.81. The minimum atomic E-state index is -4.56. The molecule has 5 N–H and O–H groups in total. The van der Waals surface area contributed by atoms with Gasteiger partial charge >= 0.3 is 0 Å². The number of sulfonamides is 2. The van der Waals surface area contributed by atoms with Crippen LogP contribution in [0.25, 0.3) is 11.0 Å². The quantitative estimate of drug-likeness (QED) is 0.311. The Morgan fingerprint density at radius 2 is 1.59 bits per heavy atom. The van der Waals surface area contributed by atoms with Gasteiger partial charge in [-0.3, -0.25) is 14.2 Å². The maximum atomic E-state index is 13.4. The number of nitrogens with one attached hydrogen (secondary N) is 1. The highest BCUT2D eigenvalue weighted by atomic mass is 35.5. The topological polar surface area (TPSA) is 184 Å². The molecule has 4 aromatic rings. The van der Waals surface area contributed by atoms with Gasteiger partial charge in [0.2, 0.25) is 20.0 Å². The third-order valence-corrected chi connectivity index (χ3v) is 7.82. The Labute approximate surface area is 220 Å². The number of carbonyl (C=O) groups excluding carboxylic acids is 1. The van der Waals surface area contributed by atoms with Gasteiger partial charge in [-0.1, -0.05) is 35.3 Å². The summed E-state index contributed by atoms with van der Waals surface area (Å²) < 4.78 is 49.1. The molecule has 0 spiro atoms. The lowest BCUT2D eigenvalue weighted by Crippen LogP contribution is -2.30. The molecule has 0 saturated heterocycles. The summed E-state index contributed by atoms with van der Waals surface area (Å²) in [5.74, 6) is -0.995. The van der Waals surface area contributed by atoms with E-state index in [-0.39, 0.29) is 12.1 Å². The minimum absolute atomic E-state index is 0.0575. The fraction of sp³-hybridized carbons (Fsp3) is 0.0455.